The molecule has 0 radical (unpaired) electrons. The van der Waals surface area contributed by atoms with E-state index in [1.165, 1.54) is 116 Å². The molecule has 0 saturated carbocycles. The molecule has 0 aliphatic carbocycles. The Bertz CT molecular complexity index is 298. The summed E-state index contributed by atoms with van der Waals surface area (Å²) in [6.07, 6.45) is 23.0. The van der Waals surface area contributed by atoms with Crippen LogP contribution in [0.2, 0.25) is 0 Å². The van der Waals surface area contributed by atoms with Gasteiger partial charge in [-0.15, -0.1) is 0 Å². The smallest absolute Gasteiger partial charge is 0.0575 e. The molecule has 0 aromatic heterocycles. The Balaban J connectivity index is 1.71. The molecule has 1 saturated heterocycles. The van der Waals surface area contributed by atoms with Crippen molar-refractivity contribution < 1.29 is 4.84 Å². The molecule has 1 rings (SSSR count). The third-order valence-electron chi connectivity index (χ3n) is 6.12. The van der Waals surface area contributed by atoms with Crippen LogP contribution in [-0.4, -0.2) is 50.8 Å². The van der Waals surface area contributed by atoms with Crippen LogP contribution in [0.25, 0.3) is 0 Å². The van der Waals surface area contributed by atoms with E-state index in [1.54, 1.807) is 7.11 Å². The monoisotopic (exact) mass is 368 g/mol. The highest BCUT2D eigenvalue weighted by atomic mass is 16.7. The zero-order valence-corrected chi connectivity index (χ0v) is 18.3. The minimum absolute atomic E-state index is 0.995. The van der Waals surface area contributed by atoms with Gasteiger partial charge in [-0.1, -0.05) is 77.0 Å². The second-order valence-electron chi connectivity index (χ2n) is 8.69. The van der Waals surface area contributed by atoms with Crippen molar-refractivity contribution >= 4 is 0 Å². The molecular formula is C23H48N2O. The van der Waals surface area contributed by atoms with E-state index in [0.717, 1.165) is 12.5 Å². The lowest BCUT2D eigenvalue weighted by Crippen LogP contribution is -2.31. The van der Waals surface area contributed by atoms with Crippen LogP contribution in [0.3, 0.4) is 0 Å². The van der Waals surface area contributed by atoms with E-state index in [2.05, 4.69) is 11.9 Å². The molecule has 1 fully saturated rings. The minimum atomic E-state index is 0.995. The molecule has 1 unspecified atom stereocenters. The lowest BCUT2D eigenvalue weighted by molar-refractivity contribution is -0.109. The molecule has 1 aliphatic heterocycles. The average molecular weight is 369 g/mol. The first-order chi connectivity index (χ1) is 12.7. The van der Waals surface area contributed by atoms with Crippen molar-refractivity contribution in [3.05, 3.63) is 0 Å². The Morgan fingerprint density at radius 3 is 1.81 bits per heavy atom. The number of rotatable bonds is 17. The van der Waals surface area contributed by atoms with Crippen LogP contribution in [0, 0.1) is 5.92 Å². The summed E-state index contributed by atoms with van der Waals surface area (Å²) in [5, 5.41) is 1.93. The molecule has 1 aliphatic rings. The highest BCUT2D eigenvalue weighted by Gasteiger charge is 2.16. The molecular weight excluding hydrogens is 320 g/mol. The van der Waals surface area contributed by atoms with Crippen LogP contribution in [0.5, 0.6) is 0 Å². The fourth-order valence-electron chi connectivity index (χ4n) is 4.31. The predicted octanol–water partition coefficient (Wildman–Crippen LogP) is 6.28. The van der Waals surface area contributed by atoms with E-state index < -0.39 is 0 Å². The van der Waals surface area contributed by atoms with Crippen molar-refractivity contribution in [2.45, 2.75) is 103 Å². The summed E-state index contributed by atoms with van der Waals surface area (Å²) in [5.74, 6) is 0.995. The Labute approximate surface area is 164 Å². The molecule has 0 spiro atoms. The van der Waals surface area contributed by atoms with Crippen molar-refractivity contribution in [1.82, 2.24) is 9.96 Å². The maximum Gasteiger partial charge on any atom is 0.0575 e. The van der Waals surface area contributed by atoms with Gasteiger partial charge in [0.2, 0.25) is 0 Å². The summed E-state index contributed by atoms with van der Waals surface area (Å²) in [4.78, 5) is 7.65. The van der Waals surface area contributed by atoms with E-state index in [4.69, 9.17) is 4.84 Å². The van der Waals surface area contributed by atoms with Gasteiger partial charge in [0.15, 0.2) is 0 Å². The van der Waals surface area contributed by atoms with Gasteiger partial charge >= 0.3 is 0 Å². The Hall–Kier alpha value is -0.120. The minimum Gasteiger partial charge on any atom is -0.306 e. The van der Waals surface area contributed by atoms with Crippen molar-refractivity contribution in [3.63, 3.8) is 0 Å². The molecule has 0 bridgehead atoms. The van der Waals surface area contributed by atoms with Crippen molar-refractivity contribution in [2.75, 3.05) is 40.8 Å². The Morgan fingerprint density at radius 2 is 1.31 bits per heavy atom. The topological polar surface area (TPSA) is 15.7 Å². The zero-order valence-electron chi connectivity index (χ0n) is 18.3. The number of nitrogens with zero attached hydrogens (tertiary/aromatic N) is 2. The molecule has 0 amide bonds. The number of hydroxylamine groups is 2. The van der Waals surface area contributed by atoms with Gasteiger partial charge in [0.05, 0.1) is 7.11 Å². The summed E-state index contributed by atoms with van der Waals surface area (Å²) in [7, 11) is 6.04. The van der Waals surface area contributed by atoms with Crippen molar-refractivity contribution in [1.29, 1.82) is 0 Å². The lowest BCUT2D eigenvalue weighted by atomic mass is 9.92. The fourth-order valence-corrected chi connectivity index (χ4v) is 4.31. The first-order valence-corrected chi connectivity index (χ1v) is 11.7. The molecule has 0 aromatic rings. The van der Waals surface area contributed by atoms with Crippen molar-refractivity contribution in [3.8, 4) is 0 Å². The van der Waals surface area contributed by atoms with Gasteiger partial charge in [-0.25, -0.2) is 0 Å². The number of likely N-dealkylation sites (tertiary alicyclic amines) is 1. The van der Waals surface area contributed by atoms with E-state index >= 15 is 0 Å². The molecule has 1 atom stereocenters. The van der Waals surface area contributed by atoms with Crippen LogP contribution >= 0.6 is 0 Å². The molecule has 0 N–H and O–H groups in total. The molecule has 0 aromatic carbocycles. The number of piperidine rings is 1. The van der Waals surface area contributed by atoms with E-state index in [1.807, 2.05) is 12.1 Å². The highest BCUT2D eigenvalue weighted by Crippen LogP contribution is 2.21. The third kappa shape index (κ3) is 14.0. The molecule has 1 heterocycles. The summed E-state index contributed by atoms with van der Waals surface area (Å²) in [6, 6.07) is 0. The molecule has 3 heteroatoms. The second kappa shape index (κ2) is 17.0. The van der Waals surface area contributed by atoms with Crippen LogP contribution in [-0.2, 0) is 4.84 Å². The summed E-state index contributed by atoms with van der Waals surface area (Å²) < 4.78 is 0. The van der Waals surface area contributed by atoms with Gasteiger partial charge < -0.3 is 9.74 Å². The third-order valence-corrected chi connectivity index (χ3v) is 6.12. The van der Waals surface area contributed by atoms with Gasteiger partial charge in [-0.3, -0.25) is 0 Å². The van der Waals surface area contributed by atoms with Crippen LogP contribution in [0.15, 0.2) is 0 Å². The Kier molecular flexibility index (Phi) is 15.6. The lowest BCUT2D eigenvalue weighted by Gasteiger charge is -2.29. The van der Waals surface area contributed by atoms with Crippen molar-refractivity contribution in [2.24, 2.45) is 5.92 Å². The second-order valence-corrected chi connectivity index (χ2v) is 8.69. The highest BCUT2D eigenvalue weighted by molar-refractivity contribution is 4.70. The number of hydrogen-bond acceptors (Lipinski definition) is 3. The van der Waals surface area contributed by atoms with Gasteiger partial charge in [0.1, 0.15) is 0 Å². The van der Waals surface area contributed by atoms with Gasteiger partial charge in [-0.2, -0.15) is 5.06 Å². The van der Waals surface area contributed by atoms with Gasteiger partial charge in [-0.05, 0) is 45.2 Å². The van der Waals surface area contributed by atoms with E-state index in [0.29, 0.717) is 0 Å². The fraction of sp³-hybridized carbons (Fsp3) is 1.00. The van der Waals surface area contributed by atoms with Gasteiger partial charge in [0, 0.05) is 20.1 Å². The van der Waals surface area contributed by atoms with E-state index in [-0.39, 0.29) is 0 Å². The maximum absolute atomic E-state index is 5.13. The van der Waals surface area contributed by atoms with Crippen LogP contribution < -0.4 is 0 Å². The largest absolute Gasteiger partial charge is 0.306 e. The SMILES string of the molecule is CON(C)CCCCCCCCCCCCCCCC1CCCN(C)C1. The first kappa shape index (κ1) is 23.9. The maximum atomic E-state index is 5.13. The number of hydrogen-bond donors (Lipinski definition) is 0. The molecule has 156 valence electrons. The normalized spacial score (nSPS) is 18.7. The summed E-state index contributed by atoms with van der Waals surface area (Å²) >= 11 is 0. The quantitative estimate of drug-likeness (QED) is 0.222. The summed E-state index contributed by atoms with van der Waals surface area (Å²) in [5.41, 5.74) is 0. The Morgan fingerprint density at radius 1 is 0.808 bits per heavy atom. The van der Waals surface area contributed by atoms with Crippen LogP contribution in [0.1, 0.15) is 103 Å². The zero-order chi connectivity index (χ0) is 18.9. The number of unbranched alkanes of at least 4 members (excludes halogenated alkanes) is 12. The van der Waals surface area contributed by atoms with Crippen LogP contribution in [0.4, 0.5) is 0 Å². The predicted molar refractivity (Wildman–Crippen MR) is 114 cm³/mol. The molecule has 3 nitrogen and oxygen atoms in total. The van der Waals surface area contributed by atoms with Gasteiger partial charge in [0.25, 0.3) is 0 Å². The average Bonchev–Trinajstić information content (AvgIpc) is 2.64. The first-order valence-electron chi connectivity index (χ1n) is 11.7. The molecule has 26 heavy (non-hydrogen) atoms. The van der Waals surface area contributed by atoms with E-state index in [9.17, 15) is 0 Å². The standard InChI is InChI=1S/C23H48N2O/c1-24-20-17-19-23(22-24)18-15-13-11-9-7-5-4-6-8-10-12-14-16-21-25(2)26-3/h23H,4-22H2,1-3H3. The summed E-state index contributed by atoms with van der Waals surface area (Å²) in [6.45, 7) is 3.74.